The summed E-state index contributed by atoms with van der Waals surface area (Å²) in [6.45, 7) is 7.46. The number of likely N-dealkylation sites (tertiary alicyclic amines) is 1. The van der Waals surface area contributed by atoms with Crippen molar-refractivity contribution in [3.05, 3.63) is 0 Å². The van der Waals surface area contributed by atoms with Crippen LogP contribution in [0.15, 0.2) is 0 Å². The van der Waals surface area contributed by atoms with Crippen molar-refractivity contribution in [3.8, 4) is 0 Å². The molecule has 1 saturated heterocycles. The number of nitrogens with zero attached hydrogens (tertiary/aromatic N) is 1. The number of nitrogens with one attached hydrogen (secondary N) is 1. The third-order valence-corrected chi connectivity index (χ3v) is 4.64. The predicted molar refractivity (Wildman–Crippen MR) is 66.5 cm³/mol. The second-order valence-electron chi connectivity index (χ2n) is 6.47. The lowest BCUT2D eigenvalue weighted by Gasteiger charge is -2.30. The van der Waals surface area contributed by atoms with Crippen molar-refractivity contribution in [2.45, 2.75) is 51.1 Å². The average Bonchev–Trinajstić information content (AvgIpc) is 2.82. The molecule has 1 aliphatic heterocycles. The number of hydrogen-bond donors (Lipinski definition) is 2. The molecule has 0 amide bonds. The molecule has 2 aliphatic rings. The third-order valence-electron chi connectivity index (χ3n) is 4.64. The molecule has 0 aromatic heterocycles. The average molecular weight is 226 g/mol. The molecule has 3 nitrogen and oxygen atoms in total. The standard InChI is InChI=1S/C13H26N2O/c1-12(2)6-7-15(9-12)11-4-5-13(8-11,10-16)14-3/h11,14,16H,4-10H2,1-3H3. The zero-order valence-corrected chi connectivity index (χ0v) is 10.9. The molecular formula is C13H26N2O. The van der Waals surface area contributed by atoms with Gasteiger partial charge in [0.25, 0.3) is 0 Å². The Bertz CT molecular complexity index is 248. The minimum absolute atomic E-state index is 0.00258. The molecule has 1 aliphatic carbocycles. The van der Waals surface area contributed by atoms with Crippen LogP contribution in [0.25, 0.3) is 0 Å². The minimum Gasteiger partial charge on any atom is -0.394 e. The zero-order valence-electron chi connectivity index (χ0n) is 10.9. The van der Waals surface area contributed by atoms with E-state index in [1.165, 1.54) is 25.9 Å². The second-order valence-corrected chi connectivity index (χ2v) is 6.47. The molecule has 2 unspecified atom stereocenters. The van der Waals surface area contributed by atoms with Gasteiger partial charge in [-0.25, -0.2) is 0 Å². The molecule has 0 spiro atoms. The second kappa shape index (κ2) is 4.28. The van der Waals surface area contributed by atoms with Crippen molar-refractivity contribution in [2.24, 2.45) is 5.41 Å². The van der Waals surface area contributed by atoms with Crippen molar-refractivity contribution in [2.75, 3.05) is 26.7 Å². The van der Waals surface area contributed by atoms with E-state index < -0.39 is 0 Å². The van der Waals surface area contributed by atoms with Gasteiger partial charge < -0.3 is 10.4 Å². The van der Waals surface area contributed by atoms with Crippen LogP contribution in [-0.4, -0.2) is 48.3 Å². The van der Waals surface area contributed by atoms with E-state index in [0.717, 1.165) is 12.8 Å². The summed E-state index contributed by atoms with van der Waals surface area (Å²) in [5.41, 5.74) is 0.488. The Morgan fingerprint density at radius 2 is 2.12 bits per heavy atom. The van der Waals surface area contributed by atoms with Crippen molar-refractivity contribution in [1.29, 1.82) is 0 Å². The molecule has 0 bridgehead atoms. The number of hydrogen-bond acceptors (Lipinski definition) is 3. The fraction of sp³-hybridized carbons (Fsp3) is 1.00. The van der Waals surface area contributed by atoms with Crippen molar-refractivity contribution >= 4 is 0 Å². The first-order valence-electron chi connectivity index (χ1n) is 6.54. The van der Waals surface area contributed by atoms with Crippen LogP contribution < -0.4 is 5.32 Å². The van der Waals surface area contributed by atoms with E-state index in [1.54, 1.807) is 0 Å². The molecule has 2 N–H and O–H groups in total. The summed E-state index contributed by atoms with van der Waals surface area (Å²) < 4.78 is 0. The van der Waals surface area contributed by atoms with Crippen LogP contribution in [0, 0.1) is 5.41 Å². The van der Waals surface area contributed by atoms with Gasteiger partial charge in [-0.2, -0.15) is 0 Å². The van der Waals surface area contributed by atoms with Crippen LogP contribution in [0.4, 0.5) is 0 Å². The molecule has 1 heterocycles. The first-order valence-corrected chi connectivity index (χ1v) is 6.54. The van der Waals surface area contributed by atoms with E-state index >= 15 is 0 Å². The van der Waals surface area contributed by atoms with Gasteiger partial charge in [-0.1, -0.05) is 13.8 Å². The van der Waals surface area contributed by atoms with E-state index in [2.05, 4.69) is 24.1 Å². The summed E-state index contributed by atoms with van der Waals surface area (Å²) in [6, 6.07) is 0.682. The molecule has 2 fully saturated rings. The summed E-state index contributed by atoms with van der Waals surface area (Å²) in [7, 11) is 1.98. The van der Waals surface area contributed by atoms with E-state index in [0.29, 0.717) is 11.5 Å². The normalized spacial score (nSPS) is 39.4. The highest BCUT2D eigenvalue weighted by Crippen LogP contribution is 2.38. The van der Waals surface area contributed by atoms with Gasteiger partial charge >= 0.3 is 0 Å². The van der Waals surface area contributed by atoms with E-state index in [1.807, 2.05) is 7.05 Å². The summed E-state index contributed by atoms with van der Waals surface area (Å²) in [4.78, 5) is 2.63. The summed E-state index contributed by atoms with van der Waals surface area (Å²) in [5, 5.41) is 12.8. The van der Waals surface area contributed by atoms with Gasteiger partial charge in [-0.05, 0) is 44.7 Å². The lowest BCUT2D eigenvalue weighted by atomic mass is 9.93. The zero-order chi connectivity index (χ0) is 11.8. The van der Waals surface area contributed by atoms with E-state index in [9.17, 15) is 5.11 Å². The summed E-state index contributed by atoms with van der Waals surface area (Å²) >= 11 is 0. The number of likely N-dealkylation sites (N-methyl/N-ethyl adjacent to an activating group) is 1. The molecule has 1 saturated carbocycles. The maximum absolute atomic E-state index is 9.50. The molecule has 0 aromatic rings. The first kappa shape index (κ1) is 12.3. The maximum atomic E-state index is 9.50. The van der Waals surface area contributed by atoms with Crippen LogP contribution >= 0.6 is 0 Å². The van der Waals surface area contributed by atoms with Gasteiger partial charge in [0.2, 0.25) is 0 Å². The summed E-state index contributed by atoms with van der Waals surface area (Å²) in [6.07, 6.45) is 4.77. The molecule has 0 aromatic carbocycles. The van der Waals surface area contributed by atoms with Gasteiger partial charge in [0.05, 0.1) is 6.61 Å². The lowest BCUT2D eigenvalue weighted by Crippen LogP contribution is -2.46. The van der Waals surface area contributed by atoms with Gasteiger partial charge in [0.15, 0.2) is 0 Å². The highest BCUT2D eigenvalue weighted by molar-refractivity contribution is 5.00. The first-order chi connectivity index (χ1) is 7.50. The Kier molecular flexibility index (Phi) is 3.30. The van der Waals surface area contributed by atoms with E-state index in [4.69, 9.17) is 0 Å². The van der Waals surface area contributed by atoms with Gasteiger partial charge in [-0.3, -0.25) is 4.90 Å². The van der Waals surface area contributed by atoms with Crippen molar-refractivity contribution in [1.82, 2.24) is 10.2 Å². The fourth-order valence-corrected chi connectivity index (χ4v) is 3.33. The minimum atomic E-state index is -0.00258. The highest BCUT2D eigenvalue weighted by Gasteiger charge is 2.42. The number of aliphatic hydroxyl groups excluding tert-OH is 1. The molecule has 94 valence electrons. The Morgan fingerprint density at radius 3 is 2.56 bits per heavy atom. The quantitative estimate of drug-likeness (QED) is 0.759. The maximum Gasteiger partial charge on any atom is 0.0613 e. The van der Waals surface area contributed by atoms with Gasteiger partial charge in [-0.15, -0.1) is 0 Å². The van der Waals surface area contributed by atoms with Crippen LogP contribution in [0.2, 0.25) is 0 Å². The smallest absolute Gasteiger partial charge is 0.0613 e. The third kappa shape index (κ3) is 2.27. The van der Waals surface area contributed by atoms with Crippen LogP contribution in [0.3, 0.4) is 0 Å². The largest absolute Gasteiger partial charge is 0.394 e. The Morgan fingerprint density at radius 1 is 1.38 bits per heavy atom. The molecule has 2 atom stereocenters. The van der Waals surface area contributed by atoms with Crippen LogP contribution in [0.5, 0.6) is 0 Å². The number of rotatable bonds is 3. The molecule has 2 rings (SSSR count). The Hall–Kier alpha value is -0.120. The van der Waals surface area contributed by atoms with Crippen molar-refractivity contribution < 1.29 is 5.11 Å². The lowest BCUT2D eigenvalue weighted by molar-refractivity contribution is 0.154. The Labute approximate surface area is 99.2 Å². The molecular weight excluding hydrogens is 200 g/mol. The predicted octanol–water partition coefficient (Wildman–Crippen LogP) is 1.22. The van der Waals surface area contributed by atoms with E-state index in [-0.39, 0.29) is 12.1 Å². The van der Waals surface area contributed by atoms with Crippen LogP contribution in [-0.2, 0) is 0 Å². The van der Waals surface area contributed by atoms with Crippen molar-refractivity contribution in [3.63, 3.8) is 0 Å². The fourth-order valence-electron chi connectivity index (χ4n) is 3.33. The molecule has 0 radical (unpaired) electrons. The number of aliphatic hydroxyl groups is 1. The SMILES string of the molecule is CNC1(CO)CCC(N2CCC(C)(C)C2)C1. The summed E-state index contributed by atoms with van der Waals surface area (Å²) in [5.74, 6) is 0. The van der Waals surface area contributed by atoms with Gasteiger partial charge in [0.1, 0.15) is 0 Å². The monoisotopic (exact) mass is 226 g/mol. The van der Waals surface area contributed by atoms with Crippen LogP contribution in [0.1, 0.15) is 39.5 Å². The topological polar surface area (TPSA) is 35.5 Å². The molecule has 16 heavy (non-hydrogen) atoms. The molecule has 3 heteroatoms. The highest BCUT2D eigenvalue weighted by atomic mass is 16.3. The Balaban J connectivity index is 1.94. The van der Waals surface area contributed by atoms with Gasteiger partial charge in [0, 0.05) is 18.1 Å².